The molecule has 4 nitrogen and oxygen atoms in total. The molecule has 5 heteroatoms. The molecule has 0 bridgehead atoms. The molecule has 90 valence electrons. The zero-order valence-corrected chi connectivity index (χ0v) is 10.1. The Balaban J connectivity index is 2.57. The van der Waals surface area contributed by atoms with Gasteiger partial charge in [-0.3, -0.25) is 4.79 Å². The molecule has 0 atom stereocenters. The number of halogens is 1. The predicted molar refractivity (Wildman–Crippen MR) is 67.7 cm³/mol. The van der Waals surface area contributed by atoms with E-state index in [0.717, 1.165) is 12.8 Å². The lowest BCUT2D eigenvalue weighted by Gasteiger charge is -2.07. The van der Waals surface area contributed by atoms with E-state index in [0.29, 0.717) is 29.2 Å². The van der Waals surface area contributed by atoms with E-state index in [9.17, 15) is 4.79 Å². The van der Waals surface area contributed by atoms with E-state index in [2.05, 4.69) is 5.32 Å². The Hall–Kier alpha value is -1.57. The van der Waals surface area contributed by atoms with Crippen molar-refractivity contribution in [2.75, 3.05) is 11.9 Å². The Bertz CT molecular complexity index is 440. The third-order valence-corrected chi connectivity index (χ3v) is 2.54. The Morgan fingerprint density at radius 1 is 1.47 bits per heavy atom. The minimum absolute atomic E-state index is 0.0925. The monoisotopic (exact) mass is 251 g/mol. The number of nitrogens with one attached hydrogen (secondary N) is 1. The van der Waals surface area contributed by atoms with Crippen LogP contribution >= 0.6 is 11.6 Å². The minimum Gasteiger partial charge on any atom is -0.330 e. The van der Waals surface area contributed by atoms with E-state index in [-0.39, 0.29) is 5.91 Å². The molecule has 1 rings (SSSR count). The van der Waals surface area contributed by atoms with Gasteiger partial charge in [0, 0.05) is 6.42 Å². The quantitative estimate of drug-likeness (QED) is 0.788. The van der Waals surface area contributed by atoms with Crippen LogP contribution in [0.5, 0.6) is 0 Å². The van der Waals surface area contributed by atoms with E-state index < -0.39 is 0 Å². The summed E-state index contributed by atoms with van der Waals surface area (Å²) in [7, 11) is 0. The summed E-state index contributed by atoms with van der Waals surface area (Å²) in [6, 6.07) is 6.74. The summed E-state index contributed by atoms with van der Waals surface area (Å²) < 4.78 is 0. The summed E-state index contributed by atoms with van der Waals surface area (Å²) >= 11 is 5.93. The van der Waals surface area contributed by atoms with Gasteiger partial charge in [-0.1, -0.05) is 11.6 Å². The maximum atomic E-state index is 11.5. The molecule has 0 spiro atoms. The molecule has 0 saturated carbocycles. The van der Waals surface area contributed by atoms with Crippen LogP contribution in [0.3, 0.4) is 0 Å². The van der Waals surface area contributed by atoms with Crippen LogP contribution in [-0.2, 0) is 4.79 Å². The van der Waals surface area contributed by atoms with Crippen molar-refractivity contribution in [3.05, 3.63) is 28.8 Å². The molecule has 1 amide bonds. The summed E-state index contributed by atoms with van der Waals surface area (Å²) in [4.78, 5) is 11.5. The van der Waals surface area contributed by atoms with Crippen LogP contribution in [0.1, 0.15) is 24.8 Å². The third kappa shape index (κ3) is 4.43. The Morgan fingerprint density at radius 3 is 2.82 bits per heavy atom. The zero-order chi connectivity index (χ0) is 12.7. The first kappa shape index (κ1) is 13.5. The summed E-state index contributed by atoms with van der Waals surface area (Å²) in [6.07, 6.45) is 2.01. The van der Waals surface area contributed by atoms with Crippen molar-refractivity contribution in [2.24, 2.45) is 5.73 Å². The molecular formula is C12H14ClN3O. The second-order valence-corrected chi connectivity index (χ2v) is 4.01. The molecule has 1 aromatic carbocycles. The molecule has 0 radical (unpaired) electrons. The van der Waals surface area contributed by atoms with Crippen molar-refractivity contribution in [1.82, 2.24) is 0 Å². The lowest BCUT2D eigenvalue weighted by molar-refractivity contribution is -0.116. The number of carbonyl (C=O) groups is 1. The van der Waals surface area contributed by atoms with Crippen molar-refractivity contribution in [2.45, 2.75) is 19.3 Å². The van der Waals surface area contributed by atoms with E-state index >= 15 is 0 Å². The van der Waals surface area contributed by atoms with E-state index in [4.69, 9.17) is 22.6 Å². The van der Waals surface area contributed by atoms with Gasteiger partial charge in [0.05, 0.1) is 22.3 Å². The molecule has 0 aliphatic rings. The van der Waals surface area contributed by atoms with Crippen LogP contribution in [-0.4, -0.2) is 12.5 Å². The summed E-state index contributed by atoms with van der Waals surface area (Å²) in [5, 5.41) is 11.7. The van der Waals surface area contributed by atoms with Crippen molar-refractivity contribution in [3.63, 3.8) is 0 Å². The van der Waals surface area contributed by atoms with Crippen LogP contribution < -0.4 is 11.1 Å². The number of nitriles is 1. The highest BCUT2D eigenvalue weighted by Gasteiger charge is 2.06. The van der Waals surface area contributed by atoms with Gasteiger partial charge in [0.1, 0.15) is 0 Å². The second kappa shape index (κ2) is 6.89. The number of carbonyl (C=O) groups excluding carboxylic acids is 1. The maximum absolute atomic E-state index is 11.5. The van der Waals surface area contributed by atoms with Crippen LogP contribution in [0.25, 0.3) is 0 Å². The largest absolute Gasteiger partial charge is 0.330 e. The second-order valence-electron chi connectivity index (χ2n) is 3.60. The summed E-state index contributed by atoms with van der Waals surface area (Å²) in [5.74, 6) is -0.0925. The van der Waals surface area contributed by atoms with Crippen LogP contribution in [0, 0.1) is 11.3 Å². The van der Waals surface area contributed by atoms with Crippen molar-refractivity contribution >= 4 is 23.2 Å². The van der Waals surface area contributed by atoms with Gasteiger partial charge >= 0.3 is 0 Å². The van der Waals surface area contributed by atoms with Crippen LogP contribution in [0.2, 0.25) is 5.02 Å². The molecule has 0 aliphatic carbocycles. The standard InChI is InChI=1S/C12H14ClN3O/c13-10-7-9(8-15)4-5-11(10)16-12(17)3-1-2-6-14/h4-5,7H,1-3,6,14H2,(H,16,17). The molecule has 0 saturated heterocycles. The number of benzene rings is 1. The Labute approximate surface area is 105 Å². The number of nitrogens with two attached hydrogens (primary N) is 1. The number of hydrogen-bond donors (Lipinski definition) is 2. The van der Waals surface area contributed by atoms with Gasteiger partial charge in [-0.05, 0) is 37.6 Å². The van der Waals surface area contributed by atoms with Crippen LogP contribution in [0.4, 0.5) is 5.69 Å². The maximum Gasteiger partial charge on any atom is 0.224 e. The third-order valence-electron chi connectivity index (χ3n) is 2.23. The van der Waals surface area contributed by atoms with E-state index in [1.807, 2.05) is 6.07 Å². The molecule has 3 N–H and O–H groups in total. The highest BCUT2D eigenvalue weighted by molar-refractivity contribution is 6.33. The first-order chi connectivity index (χ1) is 8.17. The van der Waals surface area contributed by atoms with Gasteiger partial charge in [0.25, 0.3) is 0 Å². The predicted octanol–water partition coefficient (Wildman–Crippen LogP) is 2.28. The number of anilines is 1. The van der Waals surface area contributed by atoms with Crippen molar-refractivity contribution in [1.29, 1.82) is 5.26 Å². The molecular weight excluding hydrogens is 238 g/mol. The van der Waals surface area contributed by atoms with Gasteiger partial charge in [-0.15, -0.1) is 0 Å². The van der Waals surface area contributed by atoms with Gasteiger partial charge in [0.15, 0.2) is 0 Å². The fourth-order valence-corrected chi connectivity index (χ4v) is 1.56. The molecule has 1 aromatic rings. The molecule has 0 fully saturated rings. The zero-order valence-electron chi connectivity index (χ0n) is 9.37. The van der Waals surface area contributed by atoms with Gasteiger partial charge in [-0.25, -0.2) is 0 Å². The first-order valence-corrected chi connectivity index (χ1v) is 5.74. The average Bonchev–Trinajstić information content (AvgIpc) is 2.32. The van der Waals surface area contributed by atoms with E-state index in [1.165, 1.54) is 6.07 Å². The molecule has 0 aliphatic heterocycles. The van der Waals surface area contributed by atoms with Gasteiger partial charge < -0.3 is 11.1 Å². The smallest absolute Gasteiger partial charge is 0.224 e. The molecule has 0 unspecified atom stereocenters. The highest BCUT2D eigenvalue weighted by atomic mass is 35.5. The van der Waals surface area contributed by atoms with Gasteiger partial charge in [-0.2, -0.15) is 5.26 Å². The van der Waals surface area contributed by atoms with Gasteiger partial charge in [0.2, 0.25) is 5.91 Å². The fourth-order valence-electron chi connectivity index (χ4n) is 1.33. The summed E-state index contributed by atoms with van der Waals surface area (Å²) in [6.45, 7) is 0.588. The molecule has 0 heterocycles. The lowest BCUT2D eigenvalue weighted by Crippen LogP contribution is -2.12. The summed E-state index contributed by atoms with van der Waals surface area (Å²) in [5.41, 5.74) is 6.34. The number of unbranched alkanes of at least 4 members (excludes halogenated alkanes) is 1. The Morgan fingerprint density at radius 2 is 2.24 bits per heavy atom. The SMILES string of the molecule is N#Cc1ccc(NC(=O)CCCCN)c(Cl)c1. The van der Waals surface area contributed by atoms with E-state index in [1.54, 1.807) is 12.1 Å². The topological polar surface area (TPSA) is 78.9 Å². The molecule has 17 heavy (non-hydrogen) atoms. The molecule has 0 aromatic heterocycles. The average molecular weight is 252 g/mol. The number of rotatable bonds is 5. The van der Waals surface area contributed by atoms with Crippen molar-refractivity contribution in [3.8, 4) is 6.07 Å². The number of nitrogens with zero attached hydrogens (tertiary/aromatic N) is 1. The van der Waals surface area contributed by atoms with Crippen molar-refractivity contribution < 1.29 is 4.79 Å². The lowest BCUT2D eigenvalue weighted by atomic mass is 10.2. The number of amides is 1. The minimum atomic E-state index is -0.0925. The number of hydrogen-bond acceptors (Lipinski definition) is 3. The fraction of sp³-hybridized carbons (Fsp3) is 0.333. The van der Waals surface area contributed by atoms with Crippen LogP contribution in [0.15, 0.2) is 18.2 Å². The normalized spacial score (nSPS) is 9.71. The Kier molecular flexibility index (Phi) is 5.47. The first-order valence-electron chi connectivity index (χ1n) is 5.37. The highest BCUT2D eigenvalue weighted by Crippen LogP contribution is 2.22.